The number of thiazole rings is 1. The van der Waals surface area contributed by atoms with E-state index in [1.165, 1.54) is 11.3 Å². The number of aromatic nitrogens is 3. The van der Waals surface area contributed by atoms with Crippen LogP contribution in [0.3, 0.4) is 0 Å². The Bertz CT molecular complexity index is 897. The molecule has 0 spiro atoms. The molecule has 0 bridgehead atoms. The molecule has 0 radical (unpaired) electrons. The first-order valence-corrected chi connectivity index (χ1v) is 9.25. The number of carbonyl (C=O) groups excluding carboxylic acids is 1. The molecule has 1 fully saturated rings. The quantitative estimate of drug-likeness (QED) is 0.729. The van der Waals surface area contributed by atoms with E-state index >= 15 is 0 Å². The lowest BCUT2D eigenvalue weighted by atomic mass is 10.2. The molecule has 3 aromatic rings. The second kappa shape index (κ2) is 6.02. The van der Waals surface area contributed by atoms with E-state index in [1.807, 2.05) is 30.0 Å². The highest BCUT2D eigenvalue weighted by Gasteiger charge is 2.35. The van der Waals surface area contributed by atoms with Gasteiger partial charge in [0.1, 0.15) is 10.7 Å². The molecule has 4 rings (SSSR count). The Hall–Kier alpha value is -2.21. The number of amides is 1. The highest BCUT2D eigenvalue weighted by Crippen LogP contribution is 2.35. The number of nitrogens with zero attached hydrogens (tertiary/aromatic N) is 4. The summed E-state index contributed by atoms with van der Waals surface area (Å²) in [7, 11) is 0. The standard InChI is InChI=1S/C18H20N4OS/c1-3-21-14-8-5-4-7-13(14)20-17(21)15-9-6-10-22(15)18(23)16-12(2)19-11-24-16/h4-5,7-8,11,15H,3,6,9-10H2,1-2H3/t15-/m1/s1. The summed E-state index contributed by atoms with van der Waals surface area (Å²) in [6.07, 6.45) is 1.98. The van der Waals surface area contributed by atoms with Crippen molar-refractivity contribution in [3.63, 3.8) is 0 Å². The number of para-hydroxylation sites is 2. The van der Waals surface area contributed by atoms with Gasteiger partial charge in [0.25, 0.3) is 5.91 Å². The Balaban J connectivity index is 1.76. The van der Waals surface area contributed by atoms with Gasteiger partial charge >= 0.3 is 0 Å². The number of rotatable bonds is 3. The maximum Gasteiger partial charge on any atom is 0.266 e. The van der Waals surface area contributed by atoms with Crippen molar-refractivity contribution >= 4 is 28.3 Å². The maximum atomic E-state index is 13.0. The van der Waals surface area contributed by atoms with E-state index in [1.54, 1.807) is 5.51 Å². The smallest absolute Gasteiger partial charge is 0.266 e. The minimum Gasteiger partial charge on any atom is -0.328 e. The third kappa shape index (κ3) is 2.33. The summed E-state index contributed by atoms with van der Waals surface area (Å²) in [5, 5.41) is 0. The van der Waals surface area contributed by atoms with Crippen LogP contribution in [0.2, 0.25) is 0 Å². The summed E-state index contributed by atoms with van der Waals surface area (Å²) < 4.78 is 2.24. The fourth-order valence-electron chi connectivity index (χ4n) is 3.60. The molecule has 124 valence electrons. The Morgan fingerprint density at radius 2 is 2.21 bits per heavy atom. The number of hydrogen-bond donors (Lipinski definition) is 0. The summed E-state index contributed by atoms with van der Waals surface area (Å²) in [5.41, 5.74) is 4.71. The Morgan fingerprint density at radius 3 is 2.96 bits per heavy atom. The van der Waals surface area contributed by atoms with Gasteiger partial charge in [-0.05, 0) is 38.8 Å². The average Bonchev–Trinajstić information content (AvgIpc) is 3.31. The van der Waals surface area contributed by atoms with E-state index in [2.05, 4.69) is 22.5 Å². The van der Waals surface area contributed by atoms with Crippen molar-refractivity contribution in [1.29, 1.82) is 0 Å². The molecule has 0 N–H and O–H groups in total. The van der Waals surface area contributed by atoms with E-state index in [-0.39, 0.29) is 11.9 Å². The minimum absolute atomic E-state index is 0.0475. The molecule has 1 amide bonds. The summed E-state index contributed by atoms with van der Waals surface area (Å²) in [4.78, 5) is 24.8. The molecular formula is C18H20N4OS. The zero-order valence-corrected chi connectivity index (χ0v) is 14.7. The highest BCUT2D eigenvalue weighted by molar-refractivity contribution is 7.11. The predicted molar refractivity (Wildman–Crippen MR) is 95.3 cm³/mol. The van der Waals surface area contributed by atoms with Gasteiger partial charge in [0.15, 0.2) is 0 Å². The van der Waals surface area contributed by atoms with Gasteiger partial charge in [0, 0.05) is 13.1 Å². The summed E-state index contributed by atoms with van der Waals surface area (Å²) >= 11 is 1.43. The Morgan fingerprint density at radius 1 is 1.38 bits per heavy atom. The van der Waals surface area contributed by atoms with Crippen LogP contribution in [0.25, 0.3) is 11.0 Å². The SMILES string of the molecule is CCn1c([C@H]2CCCN2C(=O)c2scnc2C)nc2ccccc21. The van der Waals surface area contributed by atoms with Crippen LogP contribution >= 0.6 is 11.3 Å². The van der Waals surface area contributed by atoms with Crippen LogP contribution in [0.4, 0.5) is 0 Å². The Labute approximate surface area is 145 Å². The number of aryl methyl sites for hydroxylation is 2. The summed E-state index contributed by atoms with van der Waals surface area (Å²) in [6, 6.07) is 8.24. The molecule has 1 aliphatic heterocycles. The lowest BCUT2D eigenvalue weighted by Gasteiger charge is -2.24. The fraction of sp³-hybridized carbons (Fsp3) is 0.389. The zero-order chi connectivity index (χ0) is 16.7. The van der Waals surface area contributed by atoms with Crippen LogP contribution in [0.1, 0.15) is 47.0 Å². The van der Waals surface area contributed by atoms with Crippen LogP contribution in [0, 0.1) is 6.92 Å². The third-order valence-corrected chi connectivity index (χ3v) is 5.67. The van der Waals surface area contributed by atoms with E-state index in [0.29, 0.717) is 0 Å². The summed E-state index contributed by atoms with van der Waals surface area (Å²) in [6.45, 7) is 5.67. The van der Waals surface area contributed by atoms with Crippen molar-refractivity contribution in [2.75, 3.05) is 6.54 Å². The normalized spacial score (nSPS) is 17.8. The average molecular weight is 340 g/mol. The van der Waals surface area contributed by atoms with E-state index < -0.39 is 0 Å². The second-order valence-electron chi connectivity index (χ2n) is 6.13. The van der Waals surface area contributed by atoms with Gasteiger partial charge in [0.2, 0.25) is 0 Å². The molecule has 24 heavy (non-hydrogen) atoms. The minimum atomic E-state index is 0.0475. The predicted octanol–water partition coefficient (Wildman–Crippen LogP) is 3.80. The molecule has 1 aliphatic rings. The third-order valence-electron chi connectivity index (χ3n) is 4.75. The fourth-order valence-corrected chi connectivity index (χ4v) is 4.35. The number of fused-ring (bicyclic) bond motifs is 1. The van der Waals surface area contributed by atoms with Crippen LogP contribution < -0.4 is 0 Å². The molecule has 1 saturated heterocycles. The molecule has 1 aromatic carbocycles. The van der Waals surface area contributed by atoms with E-state index in [9.17, 15) is 4.79 Å². The first-order chi connectivity index (χ1) is 11.7. The van der Waals surface area contributed by atoms with Crippen LogP contribution in [-0.2, 0) is 6.54 Å². The van der Waals surface area contributed by atoms with Crippen molar-refractivity contribution in [2.45, 2.75) is 39.3 Å². The van der Waals surface area contributed by atoms with Crippen LogP contribution in [0.15, 0.2) is 29.8 Å². The Kier molecular flexibility index (Phi) is 3.84. The van der Waals surface area contributed by atoms with Gasteiger partial charge in [-0.15, -0.1) is 11.3 Å². The van der Waals surface area contributed by atoms with Gasteiger partial charge < -0.3 is 9.47 Å². The number of benzene rings is 1. The number of imidazole rings is 1. The molecule has 3 heterocycles. The molecule has 1 atom stereocenters. The first-order valence-electron chi connectivity index (χ1n) is 8.37. The lowest BCUT2D eigenvalue weighted by molar-refractivity contribution is 0.0732. The maximum absolute atomic E-state index is 13.0. The summed E-state index contributed by atoms with van der Waals surface area (Å²) in [5.74, 6) is 1.10. The van der Waals surface area contributed by atoms with Crippen molar-refractivity contribution in [2.24, 2.45) is 0 Å². The number of hydrogen-bond acceptors (Lipinski definition) is 4. The monoisotopic (exact) mass is 340 g/mol. The van der Waals surface area contributed by atoms with Crippen molar-refractivity contribution < 1.29 is 4.79 Å². The van der Waals surface area contributed by atoms with E-state index in [0.717, 1.165) is 53.4 Å². The molecule has 5 nitrogen and oxygen atoms in total. The topological polar surface area (TPSA) is 51.0 Å². The van der Waals surface area contributed by atoms with Gasteiger partial charge in [-0.25, -0.2) is 9.97 Å². The van der Waals surface area contributed by atoms with E-state index in [4.69, 9.17) is 4.98 Å². The van der Waals surface area contributed by atoms with Crippen LogP contribution in [0.5, 0.6) is 0 Å². The van der Waals surface area contributed by atoms with Gasteiger partial charge in [0.05, 0.1) is 28.3 Å². The largest absolute Gasteiger partial charge is 0.328 e. The first kappa shape index (κ1) is 15.3. The van der Waals surface area contributed by atoms with Gasteiger partial charge in [-0.3, -0.25) is 4.79 Å². The lowest BCUT2D eigenvalue weighted by Crippen LogP contribution is -2.32. The molecule has 2 aromatic heterocycles. The zero-order valence-electron chi connectivity index (χ0n) is 13.9. The van der Waals surface area contributed by atoms with Crippen LogP contribution in [-0.4, -0.2) is 31.9 Å². The molecular weight excluding hydrogens is 320 g/mol. The van der Waals surface area contributed by atoms with Crippen molar-refractivity contribution in [1.82, 2.24) is 19.4 Å². The molecule has 0 aliphatic carbocycles. The number of carbonyl (C=O) groups is 1. The molecule has 0 saturated carbocycles. The number of likely N-dealkylation sites (tertiary alicyclic amines) is 1. The second-order valence-corrected chi connectivity index (χ2v) is 6.98. The highest BCUT2D eigenvalue weighted by atomic mass is 32.1. The van der Waals surface area contributed by atoms with Crippen molar-refractivity contribution in [3.05, 3.63) is 46.2 Å². The van der Waals surface area contributed by atoms with Gasteiger partial charge in [-0.2, -0.15) is 0 Å². The molecule has 6 heteroatoms. The molecule has 0 unspecified atom stereocenters. The van der Waals surface area contributed by atoms with Crippen molar-refractivity contribution in [3.8, 4) is 0 Å². The van der Waals surface area contributed by atoms with Gasteiger partial charge in [-0.1, -0.05) is 12.1 Å².